The third-order valence-corrected chi connectivity index (χ3v) is 4.86. The van der Waals surface area contributed by atoms with Gasteiger partial charge in [-0.2, -0.15) is 13.2 Å². The fraction of sp³-hybridized carbons (Fsp3) is 0.176. The molecule has 0 atom stereocenters. The molecule has 136 valence electrons. The molecule has 0 amide bonds. The molecule has 0 aliphatic carbocycles. The highest BCUT2D eigenvalue weighted by Gasteiger charge is 2.30. The molecule has 2 aromatic carbocycles. The van der Waals surface area contributed by atoms with Gasteiger partial charge in [0.2, 0.25) is 0 Å². The van der Waals surface area contributed by atoms with E-state index in [9.17, 15) is 21.6 Å². The number of hydrogen-bond donors (Lipinski definition) is 1. The normalized spacial score (nSPS) is 12.3. The van der Waals surface area contributed by atoms with Gasteiger partial charge in [0.1, 0.15) is 12.1 Å². The van der Waals surface area contributed by atoms with Gasteiger partial charge in [-0.25, -0.2) is 18.4 Å². The average molecular weight is 381 g/mol. The van der Waals surface area contributed by atoms with E-state index in [1.807, 2.05) is 0 Å². The molecule has 0 saturated heterocycles. The lowest BCUT2D eigenvalue weighted by molar-refractivity contribution is -0.137. The van der Waals surface area contributed by atoms with Crippen molar-refractivity contribution in [3.63, 3.8) is 0 Å². The Morgan fingerprint density at radius 1 is 1.08 bits per heavy atom. The molecule has 26 heavy (non-hydrogen) atoms. The molecule has 0 fully saturated rings. The number of aromatic nitrogens is 2. The zero-order valence-electron chi connectivity index (χ0n) is 13.6. The molecule has 0 spiro atoms. The van der Waals surface area contributed by atoms with Crippen molar-refractivity contribution < 1.29 is 21.6 Å². The Balaban J connectivity index is 1.92. The number of alkyl halides is 3. The van der Waals surface area contributed by atoms with Crippen LogP contribution in [0.25, 0.3) is 10.9 Å². The van der Waals surface area contributed by atoms with E-state index in [2.05, 4.69) is 15.3 Å². The first-order valence-corrected chi connectivity index (χ1v) is 9.38. The van der Waals surface area contributed by atoms with Gasteiger partial charge in [0.05, 0.1) is 16.0 Å². The Bertz CT molecular complexity index is 1070. The third-order valence-electron chi connectivity index (χ3n) is 3.75. The smallest absolute Gasteiger partial charge is 0.365 e. The number of halogens is 3. The van der Waals surface area contributed by atoms with Gasteiger partial charge in [0.25, 0.3) is 0 Å². The molecule has 0 bridgehead atoms. The highest BCUT2D eigenvalue weighted by molar-refractivity contribution is 7.90. The molecule has 1 N–H and O–H groups in total. The Kier molecular flexibility index (Phi) is 4.57. The molecule has 1 aromatic heterocycles. The molecular weight excluding hydrogens is 367 g/mol. The summed E-state index contributed by atoms with van der Waals surface area (Å²) in [6.45, 7) is 0.0964. The van der Waals surface area contributed by atoms with E-state index in [4.69, 9.17) is 0 Å². The number of nitrogens with one attached hydrogen (secondary N) is 1. The first-order chi connectivity index (χ1) is 12.1. The number of benzene rings is 2. The predicted octanol–water partition coefficient (Wildman–Crippen LogP) is 3.66. The third kappa shape index (κ3) is 3.93. The van der Waals surface area contributed by atoms with Gasteiger partial charge in [0, 0.05) is 18.2 Å². The van der Waals surface area contributed by atoms with Crippen LogP contribution in [0, 0.1) is 0 Å². The van der Waals surface area contributed by atoms with Crippen LogP contribution < -0.4 is 5.32 Å². The second-order valence-corrected chi connectivity index (χ2v) is 7.74. The molecular formula is C17H14F3N3O2S. The summed E-state index contributed by atoms with van der Waals surface area (Å²) in [6.07, 6.45) is -2.02. The fourth-order valence-corrected chi connectivity index (χ4v) is 3.10. The first kappa shape index (κ1) is 18.1. The van der Waals surface area contributed by atoms with Crippen molar-refractivity contribution in [3.8, 4) is 0 Å². The van der Waals surface area contributed by atoms with Crippen molar-refractivity contribution in [1.29, 1.82) is 0 Å². The predicted molar refractivity (Wildman–Crippen MR) is 91.4 cm³/mol. The monoisotopic (exact) mass is 381 g/mol. The van der Waals surface area contributed by atoms with Crippen LogP contribution in [-0.2, 0) is 22.6 Å². The van der Waals surface area contributed by atoms with Crippen molar-refractivity contribution >= 4 is 26.6 Å². The van der Waals surface area contributed by atoms with Crippen LogP contribution in [0.15, 0.2) is 53.7 Å². The van der Waals surface area contributed by atoms with Crippen LogP contribution in [0.2, 0.25) is 0 Å². The maximum atomic E-state index is 12.8. The zero-order valence-corrected chi connectivity index (χ0v) is 14.4. The molecule has 3 rings (SSSR count). The van der Waals surface area contributed by atoms with Gasteiger partial charge in [-0.05, 0) is 35.9 Å². The number of rotatable bonds is 4. The summed E-state index contributed by atoms with van der Waals surface area (Å²) in [5.74, 6) is 0.345. The molecule has 1 heterocycles. The van der Waals surface area contributed by atoms with E-state index in [1.54, 1.807) is 12.1 Å². The Morgan fingerprint density at radius 2 is 1.85 bits per heavy atom. The second kappa shape index (κ2) is 6.56. The molecule has 0 aliphatic heterocycles. The van der Waals surface area contributed by atoms with Crippen molar-refractivity contribution in [2.45, 2.75) is 17.6 Å². The number of anilines is 1. The van der Waals surface area contributed by atoms with E-state index in [0.29, 0.717) is 22.3 Å². The lowest BCUT2D eigenvalue weighted by atomic mass is 10.1. The minimum Gasteiger partial charge on any atom is -0.365 e. The standard InChI is InChI=1S/C17H14F3N3O2S/c1-26(24,25)13-5-6-15-14(8-13)16(23-10-22-15)21-9-11-3-2-4-12(7-11)17(18,19)20/h2-8,10H,9H2,1H3,(H,21,22,23). The highest BCUT2D eigenvalue weighted by Crippen LogP contribution is 2.30. The molecule has 5 nitrogen and oxygen atoms in total. The topological polar surface area (TPSA) is 72.0 Å². The van der Waals surface area contributed by atoms with Crippen LogP contribution in [-0.4, -0.2) is 24.6 Å². The summed E-state index contributed by atoms with van der Waals surface area (Å²) in [5.41, 5.74) is 0.216. The Hall–Kier alpha value is -2.68. The Morgan fingerprint density at radius 3 is 2.54 bits per heavy atom. The van der Waals surface area contributed by atoms with Gasteiger partial charge >= 0.3 is 6.18 Å². The number of hydrogen-bond acceptors (Lipinski definition) is 5. The maximum Gasteiger partial charge on any atom is 0.416 e. The average Bonchev–Trinajstić information content (AvgIpc) is 2.58. The lowest BCUT2D eigenvalue weighted by Gasteiger charge is -2.11. The maximum absolute atomic E-state index is 12.8. The van der Waals surface area contributed by atoms with E-state index in [0.717, 1.165) is 18.4 Å². The lowest BCUT2D eigenvalue weighted by Crippen LogP contribution is -2.07. The van der Waals surface area contributed by atoms with E-state index in [-0.39, 0.29) is 11.4 Å². The molecule has 0 radical (unpaired) electrons. The molecule has 0 aliphatic rings. The van der Waals surface area contributed by atoms with E-state index < -0.39 is 21.6 Å². The SMILES string of the molecule is CS(=O)(=O)c1ccc2ncnc(NCc3cccc(C(F)(F)F)c3)c2c1. The summed E-state index contributed by atoms with van der Waals surface area (Å²) in [6, 6.07) is 9.40. The van der Waals surface area contributed by atoms with Crippen LogP contribution >= 0.6 is 0 Å². The summed E-state index contributed by atoms with van der Waals surface area (Å²) in [4.78, 5) is 8.26. The van der Waals surface area contributed by atoms with Gasteiger partial charge in [0.15, 0.2) is 9.84 Å². The molecule has 0 saturated carbocycles. The van der Waals surface area contributed by atoms with Gasteiger partial charge in [-0.15, -0.1) is 0 Å². The summed E-state index contributed by atoms with van der Waals surface area (Å²) < 4.78 is 61.9. The second-order valence-electron chi connectivity index (χ2n) is 5.73. The van der Waals surface area contributed by atoms with Crippen molar-refractivity contribution in [1.82, 2.24) is 9.97 Å². The highest BCUT2D eigenvalue weighted by atomic mass is 32.2. The zero-order chi connectivity index (χ0) is 18.9. The summed E-state index contributed by atoms with van der Waals surface area (Å²) in [5, 5.41) is 3.42. The van der Waals surface area contributed by atoms with Crippen molar-refractivity contribution in [3.05, 3.63) is 59.9 Å². The van der Waals surface area contributed by atoms with Crippen molar-refractivity contribution in [2.75, 3.05) is 11.6 Å². The minimum absolute atomic E-state index is 0.0964. The van der Waals surface area contributed by atoms with Gasteiger partial charge < -0.3 is 5.32 Å². The van der Waals surface area contributed by atoms with Crippen molar-refractivity contribution in [2.24, 2.45) is 0 Å². The van der Waals surface area contributed by atoms with Crippen LogP contribution in [0.5, 0.6) is 0 Å². The minimum atomic E-state index is -4.41. The molecule has 9 heteroatoms. The quantitative estimate of drug-likeness (QED) is 0.747. The van der Waals surface area contributed by atoms with E-state index in [1.165, 1.54) is 24.5 Å². The fourth-order valence-electron chi connectivity index (χ4n) is 2.45. The van der Waals surface area contributed by atoms with Crippen LogP contribution in [0.4, 0.5) is 19.0 Å². The summed E-state index contributed by atoms with van der Waals surface area (Å²) in [7, 11) is -3.41. The first-order valence-electron chi connectivity index (χ1n) is 7.49. The van der Waals surface area contributed by atoms with Gasteiger partial charge in [-0.3, -0.25) is 0 Å². The van der Waals surface area contributed by atoms with Gasteiger partial charge in [-0.1, -0.05) is 12.1 Å². The molecule has 3 aromatic rings. The largest absolute Gasteiger partial charge is 0.416 e. The van der Waals surface area contributed by atoms with E-state index >= 15 is 0 Å². The Labute approximate surface area is 147 Å². The van der Waals surface area contributed by atoms with Crippen LogP contribution in [0.1, 0.15) is 11.1 Å². The number of fused-ring (bicyclic) bond motifs is 1. The number of nitrogens with zero attached hydrogens (tertiary/aromatic N) is 2. The number of sulfone groups is 1. The summed E-state index contributed by atoms with van der Waals surface area (Å²) >= 11 is 0. The van der Waals surface area contributed by atoms with Crippen LogP contribution in [0.3, 0.4) is 0 Å². The molecule has 0 unspecified atom stereocenters.